The minimum absolute atomic E-state index is 0.0904. The normalized spacial score (nSPS) is 16.8. The highest BCUT2D eigenvalue weighted by molar-refractivity contribution is 5.72. The van der Waals surface area contributed by atoms with Crippen LogP contribution in [0.3, 0.4) is 0 Å². The molecule has 3 aromatic rings. The molecule has 0 radical (unpaired) electrons. The van der Waals surface area contributed by atoms with Crippen molar-refractivity contribution in [1.82, 2.24) is 9.88 Å². The van der Waals surface area contributed by atoms with Crippen LogP contribution in [0.2, 0.25) is 0 Å². The van der Waals surface area contributed by atoms with E-state index in [2.05, 4.69) is 46.3 Å². The fourth-order valence-corrected chi connectivity index (χ4v) is 3.87. The Balaban J connectivity index is 1.68. The average molecular weight is 373 g/mol. The van der Waals surface area contributed by atoms with Gasteiger partial charge in [-0.2, -0.15) is 0 Å². The molecular formula is C23H23N3O2. The smallest absolute Gasteiger partial charge is 0.317 e. The summed E-state index contributed by atoms with van der Waals surface area (Å²) in [6.07, 6.45) is 2.73. The summed E-state index contributed by atoms with van der Waals surface area (Å²) in [5.41, 5.74) is 4.22. The molecule has 5 heteroatoms. The van der Waals surface area contributed by atoms with Gasteiger partial charge in [0.25, 0.3) is 0 Å². The number of para-hydroxylation sites is 1. The number of aromatic nitrogens is 1. The Bertz CT molecular complexity index is 931. The summed E-state index contributed by atoms with van der Waals surface area (Å²) >= 11 is 0. The average Bonchev–Trinajstić information content (AvgIpc) is 3.17. The Morgan fingerprint density at radius 1 is 1.04 bits per heavy atom. The van der Waals surface area contributed by atoms with Gasteiger partial charge in [-0.1, -0.05) is 36.4 Å². The van der Waals surface area contributed by atoms with Gasteiger partial charge in [-0.05, 0) is 42.8 Å². The minimum Gasteiger partial charge on any atom is -0.480 e. The Labute approximate surface area is 164 Å². The van der Waals surface area contributed by atoms with Gasteiger partial charge in [0.05, 0.1) is 12.2 Å². The van der Waals surface area contributed by atoms with E-state index >= 15 is 0 Å². The molecule has 1 unspecified atom stereocenters. The molecule has 2 heterocycles. The Hall–Kier alpha value is -3.18. The van der Waals surface area contributed by atoms with Gasteiger partial charge < -0.3 is 10.0 Å². The Morgan fingerprint density at radius 3 is 2.57 bits per heavy atom. The zero-order chi connectivity index (χ0) is 19.3. The molecule has 28 heavy (non-hydrogen) atoms. The van der Waals surface area contributed by atoms with Gasteiger partial charge in [0, 0.05) is 42.3 Å². The number of carboxylic acid groups (broad SMARTS) is 1. The van der Waals surface area contributed by atoms with Crippen LogP contribution < -0.4 is 4.90 Å². The highest BCUT2D eigenvalue weighted by Gasteiger charge is 2.30. The van der Waals surface area contributed by atoms with Crippen molar-refractivity contribution in [3.8, 4) is 11.3 Å². The standard InChI is InChI=1S/C23H23N3O2/c27-23(28)17-25-14-12-21(16-25)26(19-8-2-1-3-9-19)20-10-6-7-18(15-20)22-11-4-5-13-24-22/h1-11,13,15,21H,12,14,16-17H2,(H,27,28). The van der Waals surface area contributed by atoms with E-state index in [1.165, 1.54) is 0 Å². The maximum absolute atomic E-state index is 11.1. The van der Waals surface area contributed by atoms with Crippen LogP contribution in [0.15, 0.2) is 79.0 Å². The molecule has 0 saturated carbocycles. The van der Waals surface area contributed by atoms with E-state index in [-0.39, 0.29) is 12.6 Å². The van der Waals surface area contributed by atoms with Crippen LogP contribution in [0.25, 0.3) is 11.3 Å². The Morgan fingerprint density at radius 2 is 1.82 bits per heavy atom. The third kappa shape index (κ3) is 4.05. The molecule has 1 N–H and O–H groups in total. The molecule has 142 valence electrons. The van der Waals surface area contributed by atoms with Gasteiger partial charge in [-0.25, -0.2) is 0 Å². The van der Waals surface area contributed by atoms with E-state index < -0.39 is 5.97 Å². The van der Waals surface area contributed by atoms with E-state index in [0.29, 0.717) is 0 Å². The maximum atomic E-state index is 11.1. The quantitative estimate of drug-likeness (QED) is 0.707. The van der Waals surface area contributed by atoms with Crippen molar-refractivity contribution < 1.29 is 9.90 Å². The van der Waals surface area contributed by atoms with Crippen molar-refractivity contribution in [3.63, 3.8) is 0 Å². The van der Waals surface area contributed by atoms with Gasteiger partial charge in [0.15, 0.2) is 0 Å². The van der Waals surface area contributed by atoms with Crippen molar-refractivity contribution in [2.45, 2.75) is 12.5 Å². The first-order valence-electron chi connectivity index (χ1n) is 9.50. The second kappa shape index (κ2) is 8.23. The number of rotatable bonds is 6. The second-order valence-corrected chi connectivity index (χ2v) is 7.04. The number of carbonyl (C=O) groups is 1. The van der Waals surface area contributed by atoms with Crippen LogP contribution in [0.5, 0.6) is 0 Å². The predicted molar refractivity (Wildman–Crippen MR) is 111 cm³/mol. The number of likely N-dealkylation sites (tertiary alicyclic amines) is 1. The summed E-state index contributed by atoms with van der Waals surface area (Å²) in [6.45, 7) is 1.61. The lowest BCUT2D eigenvalue weighted by atomic mass is 10.1. The van der Waals surface area contributed by atoms with Gasteiger partial charge in [0.1, 0.15) is 0 Å². The first kappa shape index (κ1) is 18.2. The topological polar surface area (TPSA) is 56.7 Å². The SMILES string of the molecule is O=C(O)CN1CCC(N(c2ccccc2)c2cccc(-c3ccccn3)c2)C1. The zero-order valence-corrected chi connectivity index (χ0v) is 15.6. The van der Waals surface area contributed by atoms with Crippen LogP contribution in [0.4, 0.5) is 11.4 Å². The van der Waals surface area contributed by atoms with E-state index in [9.17, 15) is 4.79 Å². The monoisotopic (exact) mass is 373 g/mol. The molecular weight excluding hydrogens is 350 g/mol. The lowest BCUT2D eigenvalue weighted by Crippen LogP contribution is -2.35. The number of pyridine rings is 1. The molecule has 1 saturated heterocycles. The molecule has 0 bridgehead atoms. The number of anilines is 2. The summed E-state index contributed by atoms with van der Waals surface area (Å²) in [5.74, 6) is -0.774. The lowest BCUT2D eigenvalue weighted by Gasteiger charge is -2.32. The fraction of sp³-hybridized carbons (Fsp3) is 0.217. The number of hydrogen-bond acceptors (Lipinski definition) is 4. The van der Waals surface area contributed by atoms with Crippen LogP contribution in [0, 0.1) is 0 Å². The summed E-state index contributed by atoms with van der Waals surface area (Å²) in [7, 11) is 0. The summed E-state index contributed by atoms with van der Waals surface area (Å²) in [5, 5.41) is 9.13. The van der Waals surface area contributed by atoms with Crippen LogP contribution in [0.1, 0.15) is 6.42 Å². The largest absolute Gasteiger partial charge is 0.480 e. The van der Waals surface area contributed by atoms with Crippen molar-refractivity contribution in [1.29, 1.82) is 0 Å². The number of nitrogens with zero attached hydrogens (tertiary/aromatic N) is 3. The van der Waals surface area contributed by atoms with E-state index in [1.807, 2.05) is 41.3 Å². The maximum Gasteiger partial charge on any atom is 0.317 e. The second-order valence-electron chi connectivity index (χ2n) is 7.04. The van der Waals surface area contributed by atoms with Gasteiger partial charge in [-0.15, -0.1) is 0 Å². The van der Waals surface area contributed by atoms with E-state index in [4.69, 9.17) is 5.11 Å². The van der Waals surface area contributed by atoms with Crippen molar-refractivity contribution in [2.75, 3.05) is 24.5 Å². The molecule has 0 amide bonds. The van der Waals surface area contributed by atoms with Crippen LogP contribution in [-0.2, 0) is 4.79 Å². The zero-order valence-electron chi connectivity index (χ0n) is 15.6. The fourth-order valence-electron chi connectivity index (χ4n) is 3.87. The van der Waals surface area contributed by atoms with Gasteiger partial charge >= 0.3 is 5.97 Å². The Kier molecular flexibility index (Phi) is 5.35. The predicted octanol–water partition coefficient (Wildman–Crippen LogP) is 4.05. The molecule has 1 aromatic heterocycles. The van der Waals surface area contributed by atoms with Crippen molar-refractivity contribution in [2.24, 2.45) is 0 Å². The van der Waals surface area contributed by atoms with Crippen molar-refractivity contribution in [3.05, 3.63) is 79.0 Å². The third-order valence-electron chi connectivity index (χ3n) is 5.09. The lowest BCUT2D eigenvalue weighted by molar-refractivity contribution is -0.138. The van der Waals surface area contributed by atoms with E-state index in [0.717, 1.165) is 42.1 Å². The molecule has 1 atom stereocenters. The van der Waals surface area contributed by atoms with Gasteiger partial charge in [0.2, 0.25) is 0 Å². The number of hydrogen-bond donors (Lipinski definition) is 1. The molecule has 1 aliphatic rings. The highest BCUT2D eigenvalue weighted by Crippen LogP contribution is 2.33. The summed E-state index contributed by atoms with van der Waals surface area (Å²) in [6, 6.07) is 24.8. The summed E-state index contributed by atoms with van der Waals surface area (Å²) < 4.78 is 0. The first-order valence-corrected chi connectivity index (χ1v) is 9.50. The molecule has 1 fully saturated rings. The molecule has 1 aliphatic heterocycles. The number of benzene rings is 2. The number of carboxylic acids is 1. The number of aliphatic carboxylic acids is 1. The molecule has 0 spiro atoms. The highest BCUT2D eigenvalue weighted by atomic mass is 16.4. The minimum atomic E-state index is -0.774. The first-order chi connectivity index (χ1) is 13.7. The van der Waals surface area contributed by atoms with Crippen LogP contribution >= 0.6 is 0 Å². The van der Waals surface area contributed by atoms with Crippen molar-refractivity contribution >= 4 is 17.3 Å². The van der Waals surface area contributed by atoms with Gasteiger partial charge in [-0.3, -0.25) is 14.7 Å². The molecule has 2 aromatic carbocycles. The summed E-state index contributed by atoms with van der Waals surface area (Å²) in [4.78, 5) is 19.9. The molecule has 4 rings (SSSR count). The van der Waals surface area contributed by atoms with E-state index in [1.54, 1.807) is 6.20 Å². The molecule has 5 nitrogen and oxygen atoms in total. The third-order valence-corrected chi connectivity index (χ3v) is 5.09. The molecule has 0 aliphatic carbocycles. The van der Waals surface area contributed by atoms with Crippen LogP contribution in [-0.4, -0.2) is 46.6 Å².